The Labute approximate surface area is 212 Å². The molecule has 4 aliphatic rings. The van der Waals surface area contributed by atoms with Gasteiger partial charge in [0, 0.05) is 24.2 Å². The van der Waals surface area contributed by atoms with Crippen LogP contribution in [-0.2, 0) is 9.68 Å². The summed E-state index contributed by atoms with van der Waals surface area (Å²) >= 11 is 0. The smallest absolute Gasteiger partial charge is 0.253 e. The summed E-state index contributed by atoms with van der Waals surface area (Å²) in [4.78, 5) is 17.5. The molecule has 0 radical (unpaired) electrons. The van der Waals surface area contributed by atoms with Crippen LogP contribution in [0.2, 0.25) is 0 Å². The van der Waals surface area contributed by atoms with Crippen molar-refractivity contribution in [2.45, 2.75) is 115 Å². The molecule has 4 rings (SSSR count). The Morgan fingerprint density at radius 3 is 2.33 bits per heavy atom. The lowest BCUT2D eigenvalue weighted by Gasteiger charge is -2.62. The summed E-state index contributed by atoms with van der Waals surface area (Å²) in [7, 11) is 0. The van der Waals surface area contributed by atoms with Crippen LogP contribution in [0.4, 0.5) is 0 Å². The highest BCUT2D eigenvalue weighted by molar-refractivity contribution is 5.95. The van der Waals surface area contributed by atoms with Crippen molar-refractivity contribution < 1.29 is 45.6 Å². The van der Waals surface area contributed by atoms with Gasteiger partial charge in [0.2, 0.25) is 5.79 Å². The first kappa shape index (κ1) is 28.1. The van der Waals surface area contributed by atoms with Gasteiger partial charge in [-0.3, -0.25) is 4.79 Å². The average molecular weight is 513 g/mol. The maximum atomic E-state index is 13.4. The van der Waals surface area contributed by atoms with Gasteiger partial charge in [-0.05, 0) is 87.2 Å². The van der Waals surface area contributed by atoms with Crippen LogP contribution in [0.25, 0.3) is 0 Å². The zero-order valence-electron chi connectivity index (χ0n) is 22.1. The summed E-state index contributed by atoms with van der Waals surface area (Å²) in [5, 5.41) is 74.3. The Hall–Kier alpha value is -0.910. The molecule has 9 nitrogen and oxygen atoms in total. The molecule has 9 atom stereocenters. The Kier molecular flexibility index (Phi) is 6.67. The predicted molar refractivity (Wildman–Crippen MR) is 129 cm³/mol. The summed E-state index contributed by atoms with van der Waals surface area (Å²) in [5.74, 6) is -7.08. The molecular formula is C27H44O9. The van der Waals surface area contributed by atoms with E-state index in [1.165, 1.54) is 6.08 Å². The van der Waals surface area contributed by atoms with Gasteiger partial charge in [0.05, 0.1) is 17.3 Å². The third-order valence-electron chi connectivity index (χ3n) is 10.8. The molecule has 0 bridgehead atoms. The highest BCUT2D eigenvalue weighted by atomic mass is 17.1. The van der Waals surface area contributed by atoms with Gasteiger partial charge in [-0.15, -0.1) is 0 Å². The molecule has 7 N–H and O–H groups in total. The number of aliphatic hydroxyl groups is 6. The van der Waals surface area contributed by atoms with Crippen LogP contribution in [0.15, 0.2) is 11.6 Å². The molecule has 0 spiro atoms. The van der Waals surface area contributed by atoms with Crippen molar-refractivity contribution in [3.05, 3.63) is 11.6 Å². The quantitative estimate of drug-likeness (QED) is 0.160. The van der Waals surface area contributed by atoms with E-state index in [4.69, 9.17) is 0 Å². The van der Waals surface area contributed by atoms with Crippen LogP contribution in [0.5, 0.6) is 0 Å². The number of carbonyl (C=O) groups is 1. The van der Waals surface area contributed by atoms with Gasteiger partial charge in [-0.25, -0.2) is 5.26 Å². The van der Waals surface area contributed by atoms with E-state index >= 15 is 0 Å². The fraction of sp³-hybridized carbons (Fsp3) is 0.889. The molecule has 3 fully saturated rings. The van der Waals surface area contributed by atoms with Crippen LogP contribution < -0.4 is 0 Å². The molecule has 4 aliphatic carbocycles. The Morgan fingerprint density at radius 1 is 1.11 bits per heavy atom. The van der Waals surface area contributed by atoms with E-state index in [-0.39, 0.29) is 23.5 Å². The van der Waals surface area contributed by atoms with E-state index in [1.54, 1.807) is 20.8 Å². The lowest BCUT2D eigenvalue weighted by molar-refractivity contribution is -0.489. The molecule has 0 saturated heterocycles. The minimum Gasteiger partial charge on any atom is -0.393 e. The van der Waals surface area contributed by atoms with Crippen molar-refractivity contribution in [3.63, 3.8) is 0 Å². The van der Waals surface area contributed by atoms with Crippen LogP contribution in [0.1, 0.15) is 86.0 Å². The molecule has 0 amide bonds. The van der Waals surface area contributed by atoms with Crippen molar-refractivity contribution in [2.75, 3.05) is 0 Å². The molecule has 0 heterocycles. The highest BCUT2D eigenvalue weighted by Gasteiger charge is 2.71. The van der Waals surface area contributed by atoms with Crippen molar-refractivity contribution >= 4 is 5.78 Å². The zero-order chi connectivity index (χ0) is 27.1. The zero-order valence-corrected chi connectivity index (χ0v) is 22.1. The molecule has 0 aliphatic heterocycles. The number of ketones is 1. The summed E-state index contributed by atoms with van der Waals surface area (Å²) < 4.78 is 0. The van der Waals surface area contributed by atoms with Gasteiger partial charge >= 0.3 is 0 Å². The topological polar surface area (TPSA) is 168 Å². The highest BCUT2D eigenvalue weighted by Crippen LogP contribution is 2.69. The lowest BCUT2D eigenvalue weighted by Crippen LogP contribution is -2.68. The summed E-state index contributed by atoms with van der Waals surface area (Å²) in [5.41, 5.74) is -3.12. The van der Waals surface area contributed by atoms with E-state index in [0.29, 0.717) is 44.1 Å². The van der Waals surface area contributed by atoms with E-state index < -0.39 is 58.5 Å². The van der Waals surface area contributed by atoms with E-state index in [0.717, 1.165) is 0 Å². The normalized spacial score (nSPS) is 45.8. The van der Waals surface area contributed by atoms with Gasteiger partial charge in [0.15, 0.2) is 5.78 Å². The Bertz CT molecular complexity index is 925. The number of allylic oxidation sites excluding steroid dienone is 1. The van der Waals surface area contributed by atoms with Gasteiger partial charge in [-0.1, -0.05) is 20.8 Å². The second-order valence-electron chi connectivity index (χ2n) is 13.4. The largest absolute Gasteiger partial charge is 0.393 e. The van der Waals surface area contributed by atoms with Crippen molar-refractivity contribution in [3.8, 4) is 0 Å². The SMILES string of the molecule is C[C@H](C(O)CCC(C)(C)O)[C@H]1CC[C@@]2(O)C3=CC(=O)[C@@H]4C[C@@](O)(OO)C(O)(O)C[C@]4(C)[C@H]3CC[C@]12C. The minimum atomic E-state index is -2.78. The van der Waals surface area contributed by atoms with Crippen LogP contribution in [0.3, 0.4) is 0 Å². The molecule has 206 valence electrons. The number of aliphatic hydroxyl groups excluding tert-OH is 1. The molecule has 0 aromatic heterocycles. The monoisotopic (exact) mass is 512 g/mol. The second-order valence-corrected chi connectivity index (χ2v) is 13.4. The number of fused-ring (bicyclic) bond motifs is 5. The Balaban J connectivity index is 1.66. The second kappa shape index (κ2) is 8.55. The fourth-order valence-electron chi connectivity index (χ4n) is 8.43. The van der Waals surface area contributed by atoms with Gasteiger partial charge in [0.25, 0.3) is 5.79 Å². The number of hydrogen-bond acceptors (Lipinski definition) is 9. The van der Waals surface area contributed by atoms with Crippen molar-refractivity contribution in [1.29, 1.82) is 0 Å². The van der Waals surface area contributed by atoms with E-state index in [1.807, 2.05) is 13.8 Å². The average Bonchev–Trinajstić information content (AvgIpc) is 3.04. The summed E-state index contributed by atoms with van der Waals surface area (Å²) in [6.45, 7) is 9.24. The van der Waals surface area contributed by atoms with Crippen LogP contribution >= 0.6 is 0 Å². The third-order valence-corrected chi connectivity index (χ3v) is 10.8. The molecular weight excluding hydrogens is 468 g/mol. The summed E-state index contributed by atoms with van der Waals surface area (Å²) in [6.07, 6.45) is 3.20. The van der Waals surface area contributed by atoms with E-state index in [2.05, 4.69) is 4.89 Å². The molecule has 1 unspecified atom stereocenters. The van der Waals surface area contributed by atoms with Gasteiger partial charge in [-0.2, -0.15) is 4.89 Å². The summed E-state index contributed by atoms with van der Waals surface area (Å²) in [6, 6.07) is 0. The van der Waals surface area contributed by atoms with Gasteiger partial charge < -0.3 is 30.6 Å². The standard InChI is InChI=1S/C27H44O9/c1-15(20(28)8-9-22(2,3)30)16-7-11-25(31)18-12-21(29)19-13-27(34,36-35)26(32,33)14-23(19,4)17(18)6-10-24(16,25)5/h12,15-17,19-20,28,30-35H,6-11,13-14H2,1-5H3/t15-,16+,17-,19-,20?,23+,24+,25+,27+/m0/s1. The van der Waals surface area contributed by atoms with Crippen LogP contribution in [0, 0.1) is 34.5 Å². The fourth-order valence-corrected chi connectivity index (χ4v) is 8.43. The molecule has 36 heavy (non-hydrogen) atoms. The molecule has 0 aromatic rings. The maximum absolute atomic E-state index is 13.4. The predicted octanol–water partition coefficient (Wildman–Crippen LogP) is 1.88. The number of rotatable bonds is 6. The maximum Gasteiger partial charge on any atom is 0.253 e. The number of carbonyl (C=O) groups excluding carboxylic acids is 1. The first-order valence-corrected chi connectivity index (χ1v) is 13.2. The molecule has 3 saturated carbocycles. The Morgan fingerprint density at radius 2 is 1.75 bits per heavy atom. The number of hydrogen-bond donors (Lipinski definition) is 7. The lowest BCUT2D eigenvalue weighted by atomic mass is 9.45. The van der Waals surface area contributed by atoms with E-state index in [9.17, 15) is 40.7 Å². The third kappa shape index (κ3) is 3.93. The molecule has 0 aromatic carbocycles. The first-order chi connectivity index (χ1) is 16.4. The first-order valence-electron chi connectivity index (χ1n) is 13.2. The molecule has 9 heteroatoms. The van der Waals surface area contributed by atoms with Gasteiger partial charge in [0.1, 0.15) is 0 Å². The van der Waals surface area contributed by atoms with Crippen molar-refractivity contribution in [1.82, 2.24) is 0 Å². The van der Waals surface area contributed by atoms with Crippen LogP contribution in [-0.4, -0.2) is 70.6 Å². The van der Waals surface area contributed by atoms with Crippen molar-refractivity contribution in [2.24, 2.45) is 34.5 Å². The minimum absolute atomic E-state index is 0.00389.